The molecule has 0 bridgehead atoms. The standard InChI is InChI=1S/C25H23N5OS/c1-17(24(31)27-22-12-6-5-11-21(22)18-8-3-2-4-9-18)32-25-29-28-23(30(25)20-13-14-20)19-10-7-15-26-16-19/h2-12,15-17,20H,13-14H2,1H3,(H,27,31)/t17-/m0/s1. The fourth-order valence-electron chi connectivity index (χ4n) is 3.62. The van der Waals surface area contributed by atoms with Crippen LogP contribution in [-0.2, 0) is 4.79 Å². The number of amides is 1. The summed E-state index contributed by atoms with van der Waals surface area (Å²) < 4.78 is 2.16. The van der Waals surface area contributed by atoms with Crippen molar-refractivity contribution in [2.24, 2.45) is 0 Å². The van der Waals surface area contributed by atoms with Crippen LogP contribution in [0.25, 0.3) is 22.5 Å². The van der Waals surface area contributed by atoms with Crippen LogP contribution >= 0.6 is 11.8 Å². The molecule has 1 aliphatic carbocycles. The number of nitrogens with zero attached hydrogens (tertiary/aromatic N) is 4. The lowest BCUT2D eigenvalue weighted by molar-refractivity contribution is -0.115. The predicted octanol–water partition coefficient (Wildman–Crippen LogP) is 5.46. The molecule has 7 heteroatoms. The lowest BCUT2D eigenvalue weighted by Gasteiger charge is -2.15. The van der Waals surface area contributed by atoms with Gasteiger partial charge in [0.1, 0.15) is 0 Å². The van der Waals surface area contributed by atoms with Crippen molar-refractivity contribution in [1.29, 1.82) is 0 Å². The van der Waals surface area contributed by atoms with Gasteiger partial charge in [0.25, 0.3) is 0 Å². The molecule has 0 saturated heterocycles. The Hall–Kier alpha value is -3.45. The van der Waals surface area contributed by atoms with E-state index in [0.717, 1.165) is 46.2 Å². The zero-order chi connectivity index (χ0) is 21.9. The average Bonchev–Trinajstić information content (AvgIpc) is 3.60. The van der Waals surface area contributed by atoms with Crippen LogP contribution in [0.5, 0.6) is 0 Å². The molecule has 2 aromatic heterocycles. The third-order valence-electron chi connectivity index (χ3n) is 5.42. The Morgan fingerprint density at radius 3 is 2.50 bits per heavy atom. The zero-order valence-corrected chi connectivity index (χ0v) is 18.5. The van der Waals surface area contributed by atoms with Crippen molar-refractivity contribution in [1.82, 2.24) is 19.7 Å². The molecule has 1 fully saturated rings. The number of para-hydroxylation sites is 1. The van der Waals surface area contributed by atoms with Gasteiger partial charge in [0, 0.05) is 35.2 Å². The molecular weight excluding hydrogens is 418 g/mol. The van der Waals surface area contributed by atoms with Crippen molar-refractivity contribution < 1.29 is 4.79 Å². The Morgan fingerprint density at radius 2 is 1.75 bits per heavy atom. The smallest absolute Gasteiger partial charge is 0.237 e. The van der Waals surface area contributed by atoms with E-state index in [1.807, 2.05) is 73.7 Å². The van der Waals surface area contributed by atoms with Crippen molar-refractivity contribution in [2.45, 2.75) is 36.2 Å². The van der Waals surface area contributed by atoms with E-state index in [2.05, 4.69) is 25.1 Å². The number of hydrogen-bond donors (Lipinski definition) is 1. The number of rotatable bonds is 7. The van der Waals surface area contributed by atoms with Crippen molar-refractivity contribution in [3.8, 4) is 22.5 Å². The molecule has 1 amide bonds. The van der Waals surface area contributed by atoms with Crippen molar-refractivity contribution in [3.05, 3.63) is 79.1 Å². The molecule has 2 heterocycles. The Kier molecular flexibility index (Phi) is 5.73. The van der Waals surface area contributed by atoms with Gasteiger partial charge >= 0.3 is 0 Å². The highest BCUT2D eigenvalue weighted by Gasteiger charge is 2.31. The SMILES string of the molecule is C[C@H](Sc1nnc(-c2cccnc2)n1C1CC1)C(=O)Nc1ccccc1-c1ccccc1. The minimum Gasteiger partial charge on any atom is -0.325 e. The fourth-order valence-corrected chi connectivity index (χ4v) is 4.54. The first kappa shape index (κ1) is 20.5. The van der Waals surface area contributed by atoms with E-state index in [4.69, 9.17) is 0 Å². The highest BCUT2D eigenvalue weighted by atomic mass is 32.2. The maximum absolute atomic E-state index is 13.1. The quantitative estimate of drug-likeness (QED) is 0.386. The van der Waals surface area contributed by atoms with Crippen LogP contribution in [0.3, 0.4) is 0 Å². The van der Waals surface area contributed by atoms with E-state index >= 15 is 0 Å². The molecule has 0 spiro atoms. The number of nitrogens with one attached hydrogen (secondary N) is 1. The number of benzene rings is 2. The minimum absolute atomic E-state index is 0.0633. The molecule has 0 radical (unpaired) electrons. The second-order valence-corrected chi connectivity index (χ2v) is 9.12. The molecule has 6 nitrogen and oxygen atoms in total. The Bertz CT molecular complexity index is 1220. The summed E-state index contributed by atoms with van der Waals surface area (Å²) in [6, 6.07) is 22.2. The van der Waals surface area contributed by atoms with Gasteiger partial charge in [0.2, 0.25) is 5.91 Å². The van der Waals surface area contributed by atoms with Crippen LogP contribution in [0.2, 0.25) is 0 Å². The maximum Gasteiger partial charge on any atom is 0.237 e. The van der Waals surface area contributed by atoms with Crippen molar-refractivity contribution in [2.75, 3.05) is 5.32 Å². The molecule has 5 rings (SSSR count). The first-order valence-electron chi connectivity index (χ1n) is 10.7. The van der Waals surface area contributed by atoms with Crippen LogP contribution < -0.4 is 5.32 Å². The normalized spacial score (nSPS) is 14.2. The second kappa shape index (κ2) is 8.96. The third-order valence-corrected chi connectivity index (χ3v) is 6.47. The molecule has 1 aliphatic rings. The van der Waals surface area contributed by atoms with Gasteiger partial charge < -0.3 is 5.32 Å². The van der Waals surface area contributed by atoms with Gasteiger partial charge in [-0.15, -0.1) is 10.2 Å². The molecule has 160 valence electrons. The lowest BCUT2D eigenvalue weighted by atomic mass is 10.0. The zero-order valence-electron chi connectivity index (χ0n) is 17.7. The molecule has 0 aliphatic heterocycles. The molecule has 2 aromatic carbocycles. The molecule has 1 atom stereocenters. The van der Waals surface area contributed by atoms with E-state index in [-0.39, 0.29) is 11.2 Å². The van der Waals surface area contributed by atoms with Crippen molar-refractivity contribution >= 4 is 23.4 Å². The summed E-state index contributed by atoms with van der Waals surface area (Å²) in [5.74, 6) is 0.747. The van der Waals surface area contributed by atoms with Gasteiger partial charge in [0.05, 0.1) is 5.25 Å². The summed E-state index contributed by atoms with van der Waals surface area (Å²) in [7, 11) is 0. The number of thioether (sulfide) groups is 1. The Balaban J connectivity index is 1.35. The van der Waals surface area contributed by atoms with Crippen LogP contribution in [-0.4, -0.2) is 30.9 Å². The van der Waals surface area contributed by atoms with Gasteiger partial charge in [-0.1, -0.05) is 60.3 Å². The fraction of sp³-hybridized carbons (Fsp3) is 0.200. The van der Waals surface area contributed by atoms with Crippen LogP contribution in [0, 0.1) is 0 Å². The first-order chi connectivity index (χ1) is 15.7. The van der Waals surface area contributed by atoms with Gasteiger partial charge in [-0.2, -0.15) is 0 Å². The Morgan fingerprint density at radius 1 is 1.00 bits per heavy atom. The number of anilines is 1. The molecule has 1 saturated carbocycles. The van der Waals surface area contributed by atoms with E-state index in [1.165, 1.54) is 11.8 Å². The number of aromatic nitrogens is 4. The van der Waals surface area contributed by atoms with Gasteiger partial charge in [-0.05, 0) is 43.5 Å². The maximum atomic E-state index is 13.1. The van der Waals surface area contributed by atoms with E-state index < -0.39 is 0 Å². The summed E-state index contributed by atoms with van der Waals surface area (Å²) in [4.78, 5) is 17.3. The minimum atomic E-state index is -0.331. The molecule has 4 aromatic rings. The summed E-state index contributed by atoms with van der Waals surface area (Å²) >= 11 is 1.44. The van der Waals surface area contributed by atoms with Crippen LogP contribution in [0.1, 0.15) is 25.8 Å². The first-order valence-corrected chi connectivity index (χ1v) is 11.6. The van der Waals surface area contributed by atoms with Crippen LogP contribution in [0.15, 0.2) is 84.3 Å². The molecule has 0 unspecified atom stereocenters. The van der Waals surface area contributed by atoms with E-state index in [1.54, 1.807) is 12.4 Å². The number of carbonyl (C=O) groups excluding carboxylic acids is 1. The highest BCUT2D eigenvalue weighted by molar-refractivity contribution is 8.00. The van der Waals surface area contributed by atoms with Crippen molar-refractivity contribution in [3.63, 3.8) is 0 Å². The number of hydrogen-bond acceptors (Lipinski definition) is 5. The summed E-state index contributed by atoms with van der Waals surface area (Å²) in [6.07, 6.45) is 5.75. The van der Waals surface area contributed by atoms with Gasteiger partial charge in [-0.25, -0.2) is 0 Å². The van der Waals surface area contributed by atoms with Gasteiger partial charge in [-0.3, -0.25) is 14.3 Å². The monoisotopic (exact) mass is 441 g/mol. The largest absolute Gasteiger partial charge is 0.325 e. The lowest BCUT2D eigenvalue weighted by Crippen LogP contribution is -2.23. The average molecular weight is 442 g/mol. The molecule has 32 heavy (non-hydrogen) atoms. The highest BCUT2D eigenvalue weighted by Crippen LogP contribution is 2.41. The second-order valence-electron chi connectivity index (χ2n) is 7.81. The van der Waals surface area contributed by atoms with Gasteiger partial charge in [0.15, 0.2) is 11.0 Å². The van der Waals surface area contributed by atoms with E-state index in [0.29, 0.717) is 6.04 Å². The predicted molar refractivity (Wildman–Crippen MR) is 127 cm³/mol. The summed E-state index contributed by atoms with van der Waals surface area (Å²) in [5, 5.41) is 12.4. The molecular formula is C25H23N5OS. The van der Waals surface area contributed by atoms with Crippen LogP contribution in [0.4, 0.5) is 5.69 Å². The summed E-state index contributed by atoms with van der Waals surface area (Å²) in [5.41, 5.74) is 3.81. The number of pyridine rings is 1. The van der Waals surface area contributed by atoms with E-state index in [9.17, 15) is 4.79 Å². The molecule has 1 N–H and O–H groups in total. The summed E-state index contributed by atoms with van der Waals surface area (Å²) in [6.45, 7) is 1.90. The third kappa shape index (κ3) is 4.29. The number of carbonyl (C=O) groups is 1. The topological polar surface area (TPSA) is 72.7 Å². The Labute approximate surface area is 191 Å².